The highest BCUT2D eigenvalue weighted by Crippen LogP contribution is 2.30. The molecule has 21 heavy (non-hydrogen) atoms. The van der Waals surface area contributed by atoms with E-state index < -0.39 is 5.60 Å². The van der Waals surface area contributed by atoms with E-state index in [1.807, 2.05) is 31.7 Å². The smallest absolute Gasteiger partial charge is 0.410 e. The maximum Gasteiger partial charge on any atom is 0.410 e. The van der Waals surface area contributed by atoms with E-state index in [-0.39, 0.29) is 12.1 Å². The number of aromatic amines is 1. The Morgan fingerprint density at radius 1 is 1.33 bits per heavy atom. The van der Waals surface area contributed by atoms with Gasteiger partial charge in [-0.25, -0.2) is 4.79 Å². The lowest BCUT2D eigenvalue weighted by Crippen LogP contribution is -2.45. The standard InChI is InChI=1S/C17H22N2O2/c1-11-9-13-12-7-5-6-8-14(12)18-15(13)10-19(11)16(20)21-17(2,3)4/h5-8,11,18H,9-10H2,1-4H3/t11-/m1/s1. The van der Waals surface area contributed by atoms with Crippen molar-refractivity contribution in [3.05, 3.63) is 35.5 Å². The van der Waals surface area contributed by atoms with Crippen LogP contribution in [0.25, 0.3) is 10.9 Å². The van der Waals surface area contributed by atoms with Gasteiger partial charge in [0.05, 0.1) is 6.54 Å². The summed E-state index contributed by atoms with van der Waals surface area (Å²) in [6.45, 7) is 8.35. The van der Waals surface area contributed by atoms with Crippen LogP contribution in [0.2, 0.25) is 0 Å². The molecule has 4 heteroatoms. The maximum absolute atomic E-state index is 12.3. The Bertz CT molecular complexity index is 682. The van der Waals surface area contributed by atoms with Gasteiger partial charge in [-0.15, -0.1) is 0 Å². The number of amides is 1. The number of hydrogen-bond donors (Lipinski definition) is 1. The van der Waals surface area contributed by atoms with Crippen molar-refractivity contribution in [3.8, 4) is 0 Å². The molecular weight excluding hydrogens is 264 g/mol. The third kappa shape index (κ3) is 2.62. The summed E-state index contributed by atoms with van der Waals surface area (Å²) in [5.41, 5.74) is 3.14. The Hall–Kier alpha value is -1.97. The van der Waals surface area contributed by atoms with Gasteiger partial charge in [0.1, 0.15) is 5.60 Å². The Kier molecular flexibility index (Phi) is 3.19. The second-order valence-corrected chi connectivity index (χ2v) is 6.79. The first kappa shape index (κ1) is 14.0. The number of carbonyl (C=O) groups is 1. The zero-order chi connectivity index (χ0) is 15.2. The molecule has 0 saturated carbocycles. The van der Waals surface area contributed by atoms with Gasteiger partial charge in [0.25, 0.3) is 0 Å². The van der Waals surface area contributed by atoms with E-state index in [0.29, 0.717) is 6.54 Å². The van der Waals surface area contributed by atoms with Crippen LogP contribution >= 0.6 is 0 Å². The summed E-state index contributed by atoms with van der Waals surface area (Å²) in [6, 6.07) is 8.45. The summed E-state index contributed by atoms with van der Waals surface area (Å²) in [4.78, 5) is 17.6. The zero-order valence-electron chi connectivity index (χ0n) is 13.1. The number of H-pyrrole nitrogens is 1. The van der Waals surface area contributed by atoms with Crippen molar-refractivity contribution < 1.29 is 9.53 Å². The van der Waals surface area contributed by atoms with E-state index in [9.17, 15) is 4.79 Å². The van der Waals surface area contributed by atoms with Gasteiger partial charge < -0.3 is 9.72 Å². The Balaban J connectivity index is 1.90. The van der Waals surface area contributed by atoms with Crippen LogP contribution in [0.4, 0.5) is 4.79 Å². The number of ether oxygens (including phenoxy) is 1. The van der Waals surface area contributed by atoms with Crippen molar-refractivity contribution in [2.75, 3.05) is 0 Å². The number of benzene rings is 1. The lowest BCUT2D eigenvalue weighted by molar-refractivity contribution is 0.0136. The summed E-state index contributed by atoms with van der Waals surface area (Å²) in [7, 11) is 0. The van der Waals surface area contributed by atoms with E-state index in [4.69, 9.17) is 4.74 Å². The van der Waals surface area contributed by atoms with Crippen LogP contribution in [0.15, 0.2) is 24.3 Å². The molecular formula is C17H22N2O2. The van der Waals surface area contributed by atoms with Crippen molar-refractivity contribution >= 4 is 17.0 Å². The number of nitrogens with one attached hydrogen (secondary N) is 1. The molecule has 1 aliphatic rings. The lowest BCUT2D eigenvalue weighted by Gasteiger charge is -2.34. The highest BCUT2D eigenvalue weighted by molar-refractivity contribution is 5.85. The molecule has 112 valence electrons. The van der Waals surface area contributed by atoms with E-state index in [1.54, 1.807) is 0 Å². The zero-order valence-corrected chi connectivity index (χ0v) is 13.1. The quantitative estimate of drug-likeness (QED) is 0.799. The molecule has 1 aliphatic heterocycles. The molecule has 1 aromatic carbocycles. The van der Waals surface area contributed by atoms with E-state index >= 15 is 0 Å². The predicted octanol–water partition coefficient (Wildman–Crippen LogP) is 3.85. The molecule has 0 unspecified atom stereocenters. The van der Waals surface area contributed by atoms with Crippen LogP contribution in [0.1, 0.15) is 39.0 Å². The van der Waals surface area contributed by atoms with Crippen LogP contribution in [-0.4, -0.2) is 27.6 Å². The first-order chi connectivity index (χ1) is 9.85. The average molecular weight is 286 g/mol. The van der Waals surface area contributed by atoms with Crippen molar-refractivity contribution in [2.45, 2.75) is 52.3 Å². The molecule has 1 N–H and O–H groups in total. The first-order valence-electron chi connectivity index (χ1n) is 7.43. The minimum atomic E-state index is -0.461. The highest BCUT2D eigenvalue weighted by atomic mass is 16.6. The second-order valence-electron chi connectivity index (χ2n) is 6.79. The van der Waals surface area contributed by atoms with E-state index in [2.05, 4.69) is 30.1 Å². The topological polar surface area (TPSA) is 45.3 Å². The number of para-hydroxylation sites is 1. The van der Waals surface area contributed by atoms with Gasteiger partial charge in [-0.3, -0.25) is 4.90 Å². The molecule has 0 radical (unpaired) electrons. The molecule has 2 heterocycles. The van der Waals surface area contributed by atoms with Crippen molar-refractivity contribution in [1.82, 2.24) is 9.88 Å². The molecule has 0 saturated heterocycles. The largest absolute Gasteiger partial charge is 0.444 e. The SMILES string of the molecule is C[C@@H]1Cc2c([nH]c3ccccc23)CN1C(=O)OC(C)(C)C. The Labute approximate surface area is 125 Å². The molecule has 1 aromatic heterocycles. The number of aromatic nitrogens is 1. The second kappa shape index (κ2) is 4.79. The molecule has 0 spiro atoms. The van der Waals surface area contributed by atoms with E-state index in [0.717, 1.165) is 17.6 Å². The normalized spacial score (nSPS) is 18.7. The number of carbonyl (C=O) groups excluding carboxylic acids is 1. The van der Waals surface area contributed by atoms with Crippen molar-refractivity contribution in [3.63, 3.8) is 0 Å². The average Bonchev–Trinajstić information content (AvgIpc) is 2.73. The number of fused-ring (bicyclic) bond motifs is 3. The number of hydrogen-bond acceptors (Lipinski definition) is 2. The molecule has 3 rings (SSSR count). The fourth-order valence-electron chi connectivity index (χ4n) is 2.92. The minimum Gasteiger partial charge on any atom is -0.444 e. The fourth-order valence-corrected chi connectivity index (χ4v) is 2.92. The molecule has 2 aromatic rings. The highest BCUT2D eigenvalue weighted by Gasteiger charge is 2.32. The summed E-state index contributed by atoms with van der Waals surface area (Å²) < 4.78 is 5.51. The third-order valence-corrected chi connectivity index (χ3v) is 3.89. The van der Waals surface area contributed by atoms with Gasteiger partial charge >= 0.3 is 6.09 Å². The Morgan fingerprint density at radius 2 is 2.05 bits per heavy atom. The molecule has 4 nitrogen and oxygen atoms in total. The van der Waals surface area contributed by atoms with Crippen LogP contribution in [0.5, 0.6) is 0 Å². The molecule has 1 atom stereocenters. The number of rotatable bonds is 0. The van der Waals surface area contributed by atoms with Gasteiger partial charge in [-0.05, 0) is 45.7 Å². The molecule has 0 aliphatic carbocycles. The maximum atomic E-state index is 12.3. The molecule has 1 amide bonds. The van der Waals surface area contributed by atoms with Crippen LogP contribution in [0.3, 0.4) is 0 Å². The molecule has 0 bridgehead atoms. The fraction of sp³-hybridized carbons (Fsp3) is 0.471. The van der Waals surface area contributed by atoms with Gasteiger partial charge in [-0.1, -0.05) is 18.2 Å². The van der Waals surface area contributed by atoms with Gasteiger partial charge in [0, 0.05) is 22.6 Å². The van der Waals surface area contributed by atoms with Gasteiger partial charge in [-0.2, -0.15) is 0 Å². The summed E-state index contributed by atoms with van der Waals surface area (Å²) in [6.07, 6.45) is 0.623. The van der Waals surface area contributed by atoms with Crippen molar-refractivity contribution in [2.24, 2.45) is 0 Å². The van der Waals surface area contributed by atoms with Crippen LogP contribution < -0.4 is 0 Å². The summed E-state index contributed by atoms with van der Waals surface area (Å²) >= 11 is 0. The summed E-state index contributed by atoms with van der Waals surface area (Å²) in [5.74, 6) is 0. The lowest BCUT2D eigenvalue weighted by atomic mass is 9.98. The van der Waals surface area contributed by atoms with Crippen LogP contribution in [-0.2, 0) is 17.7 Å². The molecule has 0 fully saturated rings. The van der Waals surface area contributed by atoms with Crippen molar-refractivity contribution in [1.29, 1.82) is 0 Å². The number of nitrogens with zero attached hydrogens (tertiary/aromatic N) is 1. The monoisotopic (exact) mass is 286 g/mol. The predicted molar refractivity (Wildman–Crippen MR) is 83.2 cm³/mol. The summed E-state index contributed by atoms with van der Waals surface area (Å²) in [5, 5.41) is 1.27. The van der Waals surface area contributed by atoms with Gasteiger partial charge in [0.2, 0.25) is 0 Å². The Morgan fingerprint density at radius 3 is 2.76 bits per heavy atom. The minimum absolute atomic E-state index is 0.145. The van der Waals surface area contributed by atoms with Crippen LogP contribution in [0, 0.1) is 0 Å². The van der Waals surface area contributed by atoms with E-state index in [1.165, 1.54) is 10.9 Å². The third-order valence-electron chi connectivity index (χ3n) is 3.89. The first-order valence-corrected chi connectivity index (χ1v) is 7.43. The van der Waals surface area contributed by atoms with Gasteiger partial charge in [0.15, 0.2) is 0 Å².